The van der Waals surface area contributed by atoms with E-state index in [1.807, 2.05) is 20.9 Å². The average molecular weight is 212 g/mol. The summed E-state index contributed by atoms with van der Waals surface area (Å²) in [6.45, 7) is 4.49. The van der Waals surface area contributed by atoms with Gasteiger partial charge in [-0.2, -0.15) is 0 Å². The molecule has 1 heterocycles. The van der Waals surface area contributed by atoms with Gasteiger partial charge in [-0.3, -0.25) is 4.98 Å². The number of aromatic nitrogens is 1. The second kappa shape index (κ2) is 5.78. The lowest BCUT2D eigenvalue weighted by Gasteiger charge is -2.17. The molecule has 0 amide bonds. The molecule has 0 aliphatic rings. The fraction of sp³-hybridized carbons (Fsp3) is 0.545. The zero-order valence-corrected chi connectivity index (χ0v) is 9.33. The van der Waals surface area contributed by atoms with Gasteiger partial charge in [0.15, 0.2) is 0 Å². The molecule has 0 saturated carbocycles. The van der Waals surface area contributed by atoms with Crippen LogP contribution in [0.5, 0.6) is 0 Å². The number of hydrogen-bond acceptors (Lipinski definition) is 3. The third-order valence-electron chi connectivity index (χ3n) is 2.05. The molecular weight excluding hydrogens is 195 g/mol. The Kier molecular flexibility index (Phi) is 4.65. The Morgan fingerprint density at radius 2 is 2.20 bits per heavy atom. The average Bonchev–Trinajstić information content (AvgIpc) is 2.21. The van der Waals surface area contributed by atoms with E-state index in [9.17, 15) is 4.39 Å². The topological polar surface area (TPSA) is 34.1 Å². The fourth-order valence-corrected chi connectivity index (χ4v) is 1.20. The van der Waals surface area contributed by atoms with Crippen molar-refractivity contribution < 1.29 is 9.13 Å². The molecule has 0 fully saturated rings. The molecule has 1 aromatic heterocycles. The van der Waals surface area contributed by atoms with Crippen LogP contribution in [0.25, 0.3) is 0 Å². The highest BCUT2D eigenvalue weighted by molar-refractivity contribution is 5.09. The summed E-state index contributed by atoms with van der Waals surface area (Å²) in [4.78, 5) is 4.01. The number of halogens is 1. The highest BCUT2D eigenvalue weighted by Gasteiger charge is 2.11. The molecule has 1 atom stereocenters. The molecule has 4 heteroatoms. The Labute approximate surface area is 89.7 Å². The first kappa shape index (κ1) is 12.1. The van der Waals surface area contributed by atoms with Gasteiger partial charge in [-0.25, -0.2) is 4.39 Å². The van der Waals surface area contributed by atoms with Gasteiger partial charge in [0, 0.05) is 0 Å². The van der Waals surface area contributed by atoms with Crippen molar-refractivity contribution in [1.82, 2.24) is 10.3 Å². The van der Waals surface area contributed by atoms with E-state index in [1.54, 1.807) is 6.07 Å². The second-order valence-corrected chi connectivity index (χ2v) is 3.62. The van der Waals surface area contributed by atoms with Gasteiger partial charge in [0.25, 0.3) is 0 Å². The molecule has 0 saturated heterocycles. The van der Waals surface area contributed by atoms with E-state index in [2.05, 4.69) is 10.3 Å². The molecule has 0 aliphatic heterocycles. The zero-order valence-electron chi connectivity index (χ0n) is 9.33. The van der Waals surface area contributed by atoms with Crippen LogP contribution in [0.3, 0.4) is 0 Å². The van der Waals surface area contributed by atoms with Crippen LogP contribution in [-0.4, -0.2) is 24.7 Å². The predicted molar refractivity (Wildman–Crippen MR) is 57.1 cm³/mol. The number of rotatable bonds is 5. The summed E-state index contributed by atoms with van der Waals surface area (Å²) in [6, 6.07) is 3.08. The van der Waals surface area contributed by atoms with Crippen molar-refractivity contribution >= 4 is 0 Å². The summed E-state index contributed by atoms with van der Waals surface area (Å²) in [5.41, 5.74) is 0.791. The summed E-state index contributed by atoms with van der Waals surface area (Å²) < 4.78 is 18.1. The number of nitrogens with one attached hydrogen (secondary N) is 1. The minimum Gasteiger partial charge on any atom is -0.377 e. The summed E-state index contributed by atoms with van der Waals surface area (Å²) in [5.74, 6) is -0.321. The van der Waals surface area contributed by atoms with E-state index in [0.29, 0.717) is 6.61 Å². The molecule has 0 spiro atoms. The molecular formula is C11H17FN2O. The SMILES string of the molecule is CNC(COC(C)C)c1ccc(F)cn1. The van der Waals surface area contributed by atoms with Crippen LogP contribution in [-0.2, 0) is 4.74 Å². The maximum Gasteiger partial charge on any atom is 0.141 e. The van der Waals surface area contributed by atoms with Crippen molar-refractivity contribution in [3.8, 4) is 0 Å². The summed E-state index contributed by atoms with van der Waals surface area (Å²) in [7, 11) is 1.83. The molecule has 1 N–H and O–H groups in total. The molecule has 3 nitrogen and oxygen atoms in total. The van der Waals surface area contributed by atoms with Crippen LogP contribution in [0.15, 0.2) is 18.3 Å². The Morgan fingerprint density at radius 1 is 1.47 bits per heavy atom. The van der Waals surface area contributed by atoms with Gasteiger partial charge in [-0.15, -0.1) is 0 Å². The van der Waals surface area contributed by atoms with Crippen molar-refractivity contribution in [2.45, 2.75) is 26.0 Å². The van der Waals surface area contributed by atoms with Crippen molar-refractivity contribution in [2.75, 3.05) is 13.7 Å². The van der Waals surface area contributed by atoms with Gasteiger partial charge in [0.05, 0.1) is 30.6 Å². The van der Waals surface area contributed by atoms with Crippen LogP contribution in [0, 0.1) is 5.82 Å². The van der Waals surface area contributed by atoms with Gasteiger partial charge >= 0.3 is 0 Å². The molecule has 0 bridgehead atoms. The smallest absolute Gasteiger partial charge is 0.141 e. The van der Waals surface area contributed by atoms with E-state index >= 15 is 0 Å². The first-order valence-electron chi connectivity index (χ1n) is 5.03. The highest BCUT2D eigenvalue weighted by Crippen LogP contribution is 2.11. The molecule has 0 aliphatic carbocycles. The monoisotopic (exact) mass is 212 g/mol. The lowest BCUT2D eigenvalue weighted by molar-refractivity contribution is 0.0618. The Balaban J connectivity index is 2.61. The van der Waals surface area contributed by atoms with E-state index < -0.39 is 0 Å². The predicted octanol–water partition coefficient (Wildman–Crippen LogP) is 1.91. The van der Waals surface area contributed by atoms with Gasteiger partial charge in [0.2, 0.25) is 0 Å². The minimum atomic E-state index is -0.321. The van der Waals surface area contributed by atoms with E-state index in [0.717, 1.165) is 5.69 Å². The van der Waals surface area contributed by atoms with Gasteiger partial charge in [0.1, 0.15) is 5.82 Å². The zero-order chi connectivity index (χ0) is 11.3. The fourth-order valence-electron chi connectivity index (χ4n) is 1.20. The van der Waals surface area contributed by atoms with Gasteiger partial charge in [-0.05, 0) is 33.0 Å². The number of likely N-dealkylation sites (N-methyl/N-ethyl adjacent to an activating group) is 1. The van der Waals surface area contributed by atoms with Crippen LogP contribution in [0.1, 0.15) is 25.6 Å². The summed E-state index contributed by atoms with van der Waals surface area (Å²) >= 11 is 0. The molecule has 0 aromatic carbocycles. The van der Waals surface area contributed by atoms with Gasteiger partial charge < -0.3 is 10.1 Å². The van der Waals surface area contributed by atoms with Crippen molar-refractivity contribution in [3.63, 3.8) is 0 Å². The summed E-state index contributed by atoms with van der Waals surface area (Å²) in [6.07, 6.45) is 1.40. The van der Waals surface area contributed by atoms with Crippen molar-refractivity contribution in [1.29, 1.82) is 0 Å². The van der Waals surface area contributed by atoms with Gasteiger partial charge in [-0.1, -0.05) is 0 Å². The standard InChI is InChI=1S/C11H17FN2O/c1-8(2)15-7-11(13-3)10-5-4-9(12)6-14-10/h4-6,8,11,13H,7H2,1-3H3. The number of pyridine rings is 1. The Morgan fingerprint density at radius 3 is 2.67 bits per heavy atom. The number of hydrogen-bond donors (Lipinski definition) is 1. The largest absolute Gasteiger partial charge is 0.377 e. The first-order chi connectivity index (χ1) is 7.13. The van der Waals surface area contributed by atoms with E-state index in [4.69, 9.17) is 4.74 Å². The number of nitrogens with zero attached hydrogens (tertiary/aromatic N) is 1. The molecule has 15 heavy (non-hydrogen) atoms. The van der Waals surface area contributed by atoms with Crippen molar-refractivity contribution in [3.05, 3.63) is 29.8 Å². The van der Waals surface area contributed by atoms with Crippen LogP contribution in [0.2, 0.25) is 0 Å². The Hall–Kier alpha value is -1.00. The second-order valence-electron chi connectivity index (χ2n) is 3.62. The third-order valence-corrected chi connectivity index (χ3v) is 2.05. The molecule has 1 aromatic rings. The minimum absolute atomic E-state index is 0.00741. The van der Waals surface area contributed by atoms with Crippen LogP contribution >= 0.6 is 0 Å². The lowest BCUT2D eigenvalue weighted by Crippen LogP contribution is -2.24. The molecule has 0 radical (unpaired) electrons. The number of ether oxygens (including phenoxy) is 1. The molecule has 84 valence electrons. The lowest BCUT2D eigenvalue weighted by atomic mass is 10.2. The normalized spacial score (nSPS) is 13.1. The quantitative estimate of drug-likeness (QED) is 0.809. The van der Waals surface area contributed by atoms with E-state index in [-0.39, 0.29) is 18.0 Å². The van der Waals surface area contributed by atoms with Crippen LogP contribution < -0.4 is 5.32 Å². The Bertz CT molecular complexity index is 287. The van der Waals surface area contributed by atoms with Crippen molar-refractivity contribution in [2.24, 2.45) is 0 Å². The maximum atomic E-state index is 12.7. The summed E-state index contributed by atoms with van der Waals surface area (Å²) in [5, 5.41) is 3.08. The third kappa shape index (κ3) is 3.93. The molecule has 1 rings (SSSR count). The van der Waals surface area contributed by atoms with Crippen LogP contribution in [0.4, 0.5) is 4.39 Å². The highest BCUT2D eigenvalue weighted by atomic mass is 19.1. The molecule has 1 unspecified atom stereocenters. The maximum absolute atomic E-state index is 12.7. The van der Waals surface area contributed by atoms with E-state index in [1.165, 1.54) is 12.3 Å². The first-order valence-corrected chi connectivity index (χ1v) is 5.03.